The van der Waals surface area contributed by atoms with Crippen LogP contribution in [0, 0.1) is 5.41 Å². The minimum atomic E-state index is -0.518. The smallest absolute Gasteiger partial charge is 0.227 e. The molecule has 0 spiro atoms. The summed E-state index contributed by atoms with van der Waals surface area (Å²) in [5, 5.41) is 3.64. The third-order valence-electron chi connectivity index (χ3n) is 3.50. The highest BCUT2D eigenvalue weighted by Gasteiger charge is 2.30. The molecule has 3 nitrogen and oxygen atoms in total. The molecule has 3 N–H and O–H groups in total. The number of benzene rings is 1. The van der Waals surface area contributed by atoms with Crippen LogP contribution in [0.25, 0.3) is 0 Å². The van der Waals surface area contributed by atoms with Gasteiger partial charge in [-0.3, -0.25) is 4.79 Å². The average Bonchev–Trinajstić information content (AvgIpc) is 2.38. The molecule has 0 aromatic heterocycles. The van der Waals surface area contributed by atoms with E-state index in [9.17, 15) is 4.79 Å². The third kappa shape index (κ3) is 3.24. The van der Waals surface area contributed by atoms with Crippen molar-refractivity contribution < 1.29 is 4.79 Å². The standard InChI is InChI=1S/C14H21ClN2O/c1-4-14(3,9-16)13(18)17-10(2)11-7-5-6-8-12(11)15/h5-8,10H,4,9,16H2,1-3H3,(H,17,18)/t10-,14?/m1/s1. The Labute approximate surface area is 114 Å². The predicted octanol–water partition coefficient (Wildman–Crippen LogP) is 2.89. The van der Waals surface area contributed by atoms with Gasteiger partial charge in [-0.2, -0.15) is 0 Å². The lowest BCUT2D eigenvalue weighted by Crippen LogP contribution is -2.44. The molecule has 0 aliphatic carbocycles. The summed E-state index contributed by atoms with van der Waals surface area (Å²) in [6.07, 6.45) is 0.713. The fourth-order valence-electron chi connectivity index (χ4n) is 1.67. The molecule has 0 radical (unpaired) electrons. The Hall–Kier alpha value is -1.06. The van der Waals surface area contributed by atoms with Crippen molar-refractivity contribution in [3.05, 3.63) is 34.9 Å². The van der Waals surface area contributed by atoms with Crippen LogP contribution in [0.4, 0.5) is 0 Å². The lowest BCUT2D eigenvalue weighted by Gasteiger charge is -2.27. The van der Waals surface area contributed by atoms with Gasteiger partial charge in [-0.25, -0.2) is 0 Å². The zero-order valence-corrected chi connectivity index (χ0v) is 11.9. The van der Waals surface area contributed by atoms with Gasteiger partial charge in [-0.05, 0) is 31.9 Å². The van der Waals surface area contributed by atoms with Gasteiger partial charge in [0.2, 0.25) is 5.91 Å². The second kappa shape index (κ2) is 6.21. The van der Waals surface area contributed by atoms with Gasteiger partial charge >= 0.3 is 0 Å². The number of hydrogen-bond acceptors (Lipinski definition) is 2. The maximum absolute atomic E-state index is 12.2. The molecule has 0 saturated heterocycles. The number of nitrogens with one attached hydrogen (secondary N) is 1. The number of hydrogen-bond donors (Lipinski definition) is 2. The zero-order chi connectivity index (χ0) is 13.8. The molecule has 0 heterocycles. The fourth-order valence-corrected chi connectivity index (χ4v) is 1.97. The average molecular weight is 269 g/mol. The monoisotopic (exact) mass is 268 g/mol. The first-order valence-electron chi connectivity index (χ1n) is 6.20. The Balaban J connectivity index is 2.80. The summed E-state index contributed by atoms with van der Waals surface area (Å²) >= 11 is 6.11. The van der Waals surface area contributed by atoms with E-state index < -0.39 is 5.41 Å². The van der Waals surface area contributed by atoms with Gasteiger partial charge in [-0.1, -0.05) is 36.7 Å². The quantitative estimate of drug-likeness (QED) is 0.863. The number of carbonyl (C=O) groups excluding carboxylic acids is 1. The number of carbonyl (C=O) groups is 1. The minimum absolute atomic E-state index is 0.0279. The summed E-state index contributed by atoms with van der Waals surface area (Å²) in [5.74, 6) is -0.0279. The van der Waals surface area contributed by atoms with Gasteiger partial charge in [0, 0.05) is 11.6 Å². The fraction of sp³-hybridized carbons (Fsp3) is 0.500. The Morgan fingerprint density at radius 1 is 1.50 bits per heavy atom. The van der Waals surface area contributed by atoms with E-state index >= 15 is 0 Å². The highest BCUT2D eigenvalue weighted by atomic mass is 35.5. The minimum Gasteiger partial charge on any atom is -0.349 e. The highest BCUT2D eigenvalue weighted by molar-refractivity contribution is 6.31. The van der Waals surface area contributed by atoms with Crippen molar-refractivity contribution in [2.24, 2.45) is 11.1 Å². The summed E-state index contributed by atoms with van der Waals surface area (Å²) in [6.45, 7) is 6.10. The molecule has 0 fully saturated rings. The molecule has 0 saturated carbocycles. The Morgan fingerprint density at radius 3 is 2.61 bits per heavy atom. The van der Waals surface area contributed by atoms with Crippen LogP contribution in [0.5, 0.6) is 0 Å². The molecule has 1 aromatic rings. The maximum atomic E-state index is 12.2. The molecule has 2 atom stereocenters. The zero-order valence-electron chi connectivity index (χ0n) is 11.2. The molecule has 1 rings (SSSR count). The van der Waals surface area contributed by atoms with E-state index in [0.29, 0.717) is 18.0 Å². The molecule has 0 bridgehead atoms. The van der Waals surface area contributed by atoms with E-state index in [2.05, 4.69) is 5.32 Å². The Morgan fingerprint density at radius 2 is 2.11 bits per heavy atom. The van der Waals surface area contributed by atoms with E-state index in [0.717, 1.165) is 5.56 Å². The van der Waals surface area contributed by atoms with Crippen molar-refractivity contribution in [3.63, 3.8) is 0 Å². The third-order valence-corrected chi connectivity index (χ3v) is 3.84. The van der Waals surface area contributed by atoms with Crippen LogP contribution >= 0.6 is 11.6 Å². The second-order valence-corrected chi connectivity index (χ2v) is 5.24. The molecule has 100 valence electrons. The number of rotatable bonds is 5. The highest BCUT2D eigenvalue weighted by Crippen LogP contribution is 2.25. The summed E-state index contributed by atoms with van der Waals surface area (Å²) in [4.78, 5) is 12.2. The van der Waals surface area contributed by atoms with Gasteiger partial charge in [0.05, 0.1) is 11.5 Å². The molecule has 18 heavy (non-hydrogen) atoms. The second-order valence-electron chi connectivity index (χ2n) is 4.84. The van der Waals surface area contributed by atoms with Crippen LogP contribution < -0.4 is 11.1 Å². The molecule has 1 unspecified atom stereocenters. The SMILES string of the molecule is CCC(C)(CN)C(=O)N[C@H](C)c1ccccc1Cl. The van der Waals surface area contributed by atoms with Crippen LogP contribution in [0.1, 0.15) is 38.8 Å². The first-order valence-corrected chi connectivity index (χ1v) is 6.58. The molecular formula is C14H21ClN2O. The van der Waals surface area contributed by atoms with Gasteiger partial charge < -0.3 is 11.1 Å². The van der Waals surface area contributed by atoms with Crippen LogP contribution in [-0.2, 0) is 4.79 Å². The Bertz CT molecular complexity index is 416. The summed E-state index contributed by atoms with van der Waals surface area (Å²) < 4.78 is 0. The van der Waals surface area contributed by atoms with E-state index in [1.807, 2.05) is 45.0 Å². The normalized spacial score (nSPS) is 15.8. The Kier molecular flexibility index (Phi) is 5.17. The van der Waals surface area contributed by atoms with Crippen molar-refractivity contribution in [2.75, 3.05) is 6.54 Å². The van der Waals surface area contributed by atoms with Crippen molar-refractivity contribution in [2.45, 2.75) is 33.2 Å². The van der Waals surface area contributed by atoms with Crippen molar-refractivity contribution in [3.8, 4) is 0 Å². The largest absolute Gasteiger partial charge is 0.349 e. The van der Waals surface area contributed by atoms with E-state index in [1.54, 1.807) is 0 Å². The van der Waals surface area contributed by atoms with Crippen LogP contribution in [0.15, 0.2) is 24.3 Å². The van der Waals surface area contributed by atoms with Crippen molar-refractivity contribution >= 4 is 17.5 Å². The summed E-state index contributed by atoms with van der Waals surface area (Å²) in [5.41, 5.74) is 6.08. The summed E-state index contributed by atoms with van der Waals surface area (Å²) in [6, 6.07) is 7.39. The summed E-state index contributed by atoms with van der Waals surface area (Å²) in [7, 11) is 0. The lowest BCUT2D eigenvalue weighted by molar-refractivity contribution is -0.130. The molecule has 1 aromatic carbocycles. The van der Waals surface area contributed by atoms with Gasteiger partial charge in [0.25, 0.3) is 0 Å². The molecule has 4 heteroatoms. The molecule has 1 amide bonds. The molecule has 0 aliphatic rings. The predicted molar refractivity (Wildman–Crippen MR) is 75.5 cm³/mol. The van der Waals surface area contributed by atoms with Gasteiger partial charge in [0.1, 0.15) is 0 Å². The van der Waals surface area contributed by atoms with E-state index in [1.165, 1.54) is 0 Å². The number of halogens is 1. The van der Waals surface area contributed by atoms with Gasteiger partial charge in [0.15, 0.2) is 0 Å². The maximum Gasteiger partial charge on any atom is 0.227 e. The van der Waals surface area contributed by atoms with Crippen LogP contribution in [0.3, 0.4) is 0 Å². The first-order chi connectivity index (χ1) is 8.44. The number of amides is 1. The molecule has 0 aliphatic heterocycles. The molecular weight excluding hydrogens is 248 g/mol. The van der Waals surface area contributed by atoms with E-state index in [4.69, 9.17) is 17.3 Å². The van der Waals surface area contributed by atoms with Crippen LogP contribution in [0.2, 0.25) is 5.02 Å². The van der Waals surface area contributed by atoms with Crippen LogP contribution in [-0.4, -0.2) is 12.5 Å². The lowest BCUT2D eigenvalue weighted by atomic mass is 9.86. The van der Waals surface area contributed by atoms with E-state index in [-0.39, 0.29) is 11.9 Å². The van der Waals surface area contributed by atoms with Crippen molar-refractivity contribution in [1.29, 1.82) is 0 Å². The number of nitrogens with two attached hydrogens (primary N) is 1. The van der Waals surface area contributed by atoms with Gasteiger partial charge in [-0.15, -0.1) is 0 Å². The first kappa shape index (κ1) is 15.0. The topological polar surface area (TPSA) is 55.1 Å². The van der Waals surface area contributed by atoms with Crippen molar-refractivity contribution in [1.82, 2.24) is 5.32 Å².